The highest BCUT2D eigenvalue weighted by Crippen LogP contribution is 2.35. The monoisotopic (exact) mass is 196 g/mol. The van der Waals surface area contributed by atoms with Gasteiger partial charge in [0.2, 0.25) is 0 Å². The highest BCUT2D eigenvalue weighted by Gasteiger charge is 2.20. The molecule has 2 heteroatoms. The van der Waals surface area contributed by atoms with Crippen molar-refractivity contribution in [2.75, 3.05) is 0 Å². The van der Waals surface area contributed by atoms with E-state index in [1.54, 1.807) is 6.07 Å². The van der Waals surface area contributed by atoms with E-state index in [1.165, 1.54) is 0 Å². The van der Waals surface area contributed by atoms with Crippen molar-refractivity contribution in [2.45, 2.75) is 38.0 Å². The minimum atomic E-state index is 0.0277. The number of rotatable bonds is 0. The molecule has 0 saturated heterocycles. The summed E-state index contributed by atoms with van der Waals surface area (Å²) < 4.78 is 0. The molecule has 1 rings (SSSR count). The van der Waals surface area contributed by atoms with Crippen LogP contribution in [0.4, 0.5) is 0 Å². The fourth-order valence-electron chi connectivity index (χ4n) is 1.63. The predicted octanol–water partition coefficient (Wildman–Crippen LogP) is 3.29. The van der Waals surface area contributed by atoms with E-state index in [2.05, 4.69) is 33.4 Å². The molecule has 13 heavy (non-hydrogen) atoms. The zero-order chi connectivity index (χ0) is 10.2. The Morgan fingerprint density at radius 1 is 1.23 bits per heavy atom. The Morgan fingerprint density at radius 3 is 2.15 bits per heavy atom. The second-order valence-electron chi connectivity index (χ2n) is 4.35. The third kappa shape index (κ3) is 1.99. The van der Waals surface area contributed by atoms with Crippen LogP contribution in [0.2, 0.25) is 0 Å². The van der Waals surface area contributed by atoms with Gasteiger partial charge in [0.25, 0.3) is 0 Å². The minimum absolute atomic E-state index is 0.0277. The van der Waals surface area contributed by atoms with Crippen LogP contribution in [0.5, 0.6) is 5.75 Å². The molecule has 0 unspecified atom stereocenters. The van der Waals surface area contributed by atoms with Crippen LogP contribution in [0.25, 0.3) is 0 Å². The number of phenols is 1. The first-order valence-corrected chi connectivity index (χ1v) is 4.81. The SMILES string of the molecule is Cc1c(O)ccc(S)c1C(C)(C)C. The van der Waals surface area contributed by atoms with Gasteiger partial charge in [-0.1, -0.05) is 20.8 Å². The summed E-state index contributed by atoms with van der Waals surface area (Å²) in [6.07, 6.45) is 0. The van der Waals surface area contributed by atoms with Gasteiger partial charge < -0.3 is 5.11 Å². The number of hydrogen-bond donors (Lipinski definition) is 2. The van der Waals surface area contributed by atoms with Crippen LogP contribution in [0, 0.1) is 6.92 Å². The Morgan fingerprint density at radius 2 is 1.77 bits per heavy atom. The van der Waals surface area contributed by atoms with Gasteiger partial charge in [-0.05, 0) is 35.6 Å². The standard InChI is InChI=1S/C11H16OS/c1-7-8(12)5-6-9(13)10(7)11(2,3)4/h5-6,12-13H,1-4H3. The first kappa shape index (κ1) is 10.5. The highest BCUT2D eigenvalue weighted by atomic mass is 32.1. The number of thiol groups is 1. The van der Waals surface area contributed by atoms with E-state index >= 15 is 0 Å². The van der Waals surface area contributed by atoms with Gasteiger partial charge in [-0.15, -0.1) is 12.6 Å². The Labute approximate surface area is 85.2 Å². The molecule has 0 amide bonds. The summed E-state index contributed by atoms with van der Waals surface area (Å²) in [4.78, 5) is 0.947. The van der Waals surface area contributed by atoms with E-state index in [4.69, 9.17) is 0 Å². The lowest BCUT2D eigenvalue weighted by Crippen LogP contribution is -2.14. The molecule has 1 aromatic rings. The third-order valence-corrected chi connectivity index (χ3v) is 2.54. The van der Waals surface area contributed by atoms with Gasteiger partial charge in [0.1, 0.15) is 5.75 Å². The quantitative estimate of drug-likeness (QED) is 0.610. The Balaban J connectivity index is 3.43. The molecule has 72 valence electrons. The van der Waals surface area contributed by atoms with Crippen molar-refractivity contribution in [3.05, 3.63) is 23.3 Å². The zero-order valence-corrected chi connectivity index (χ0v) is 9.44. The minimum Gasteiger partial charge on any atom is -0.508 e. The maximum Gasteiger partial charge on any atom is 0.118 e. The molecule has 0 spiro atoms. The number of aromatic hydroxyl groups is 1. The molecule has 1 aromatic carbocycles. The van der Waals surface area contributed by atoms with Crippen LogP contribution < -0.4 is 0 Å². The lowest BCUT2D eigenvalue weighted by atomic mass is 9.84. The number of benzene rings is 1. The second kappa shape index (κ2) is 3.26. The van der Waals surface area contributed by atoms with E-state index < -0.39 is 0 Å². The van der Waals surface area contributed by atoms with Gasteiger partial charge in [0.15, 0.2) is 0 Å². The summed E-state index contributed by atoms with van der Waals surface area (Å²) in [6.45, 7) is 8.28. The van der Waals surface area contributed by atoms with Crippen LogP contribution in [-0.2, 0) is 5.41 Å². The van der Waals surface area contributed by atoms with Gasteiger partial charge in [-0.2, -0.15) is 0 Å². The third-order valence-electron chi connectivity index (χ3n) is 2.16. The van der Waals surface area contributed by atoms with E-state index in [1.807, 2.05) is 13.0 Å². The van der Waals surface area contributed by atoms with Crippen LogP contribution in [0.1, 0.15) is 31.9 Å². The van der Waals surface area contributed by atoms with Gasteiger partial charge in [0.05, 0.1) is 0 Å². The molecule has 0 atom stereocenters. The number of hydrogen-bond acceptors (Lipinski definition) is 2. The summed E-state index contributed by atoms with van der Waals surface area (Å²) in [5.74, 6) is 0.350. The normalized spacial score (nSPS) is 11.8. The number of phenolic OH excluding ortho intramolecular Hbond substituents is 1. The topological polar surface area (TPSA) is 20.2 Å². The molecule has 0 radical (unpaired) electrons. The van der Waals surface area contributed by atoms with Crippen molar-refractivity contribution < 1.29 is 5.11 Å². The fraction of sp³-hybridized carbons (Fsp3) is 0.455. The largest absolute Gasteiger partial charge is 0.508 e. The smallest absolute Gasteiger partial charge is 0.118 e. The molecule has 0 fully saturated rings. The van der Waals surface area contributed by atoms with Gasteiger partial charge in [-0.25, -0.2) is 0 Å². The summed E-state index contributed by atoms with van der Waals surface area (Å²) in [6, 6.07) is 3.53. The summed E-state index contributed by atoms with van der Waals surface area (Å²) >= 11 is 4.40. The first-order chi connectivity index (χ1) is 5.84. The molecule has 0 bridgehead atoms. The molecular weight excluding hydrogens is 180 g/mol. The van der Waals surface area contributed by atoms with Crippen LogP contribution in [0.3, 0.4) is 0 Å². The lowest BCUT2D eigenvalue weighted by Gasteiger charge is -2.24. The van der Waals surface area contributed by atoms with Crippen molar-refractivity contribution in [1.82, 2.24) is 0 Å². The Bertz CT molecular complexity index is 324. The van der Waals surface area contributed by atoms with Gasteiger partial charge in [0, 0.05) is 4.90 Å². The molecular formula is C11H16OS. The molecule has 0 aliphatic rings. The van der Waals surface area contributed by atoms with Crippen LogP contribution in [-0.4, -0.2) is 5.11 Å². The molecule has 0 aromatic heterocycles. The Hall–Kier alpha value is -0.630. The molecule has 1 nitrogen and oxygen atoms in total. The van der Waals surface area contributed by atoms with Crippen LogP contribution >= 0.6 is 12.6 Å². The summed E-state index contributed by atoms with van der Waals surface area (Å²) in [7, 11) is 0. The average molecular weight is 196 g/mol. The van der Waals surface area contributed by atoms with Crippen LogP contribution in [0.15, 0.2) is 17.0 Å². The molecule has 0 aliphatic carbocycles. The van der Waals surface area contributed by atoms with E-state index in [9.17, 15) is 5.11 Å². The van der Waals surface area contributed by atoms with Gasteiger partial charge >= 0.3 is 0 Å². The summed E-state index contributed by atoms with van der Waals surface area (Å²) in [5, 5.41) is 9.55. The van der Waals surface area contributed by atoms with Crippen molar-refractivity contribution >= 4 is 12.6 Å². The second-order valence-corrected chi connectivity index (χ2v) is 4.84. The van der Waals surface area contributed by atoms with E-state index in [0.29, 0.717) is 5.75 Å². The van der Waals surface area contributed by atoms with Crippen molar-refractivity contribution in [2.24, 2.45) is 0 Å². The molecule has 0 saturated carbocycles. The Kier molecular flexibility index (Phi) is 2.62. The van der Waals surface area contributed by atoms with Crippen molar-refractivity contribution in [3.63, 3.8) is 0 Å². The molecule has 1 N–H and O–H groups in total. The zero-order valence-electron chi connectivity index (χ0n) is 8.55. The van der Waals surface area contributed by atoms with Crippen molar-refractivity contribution in [3.8, 4) is 5.75 Å². The maximum atomic E-state index is 9.55. The van der Waals surface area contributed by atoms with E-state index in [0.717, 1.165) is 16.0 Å². The average Bonchev–Trinajstić information content (AvgIpc) is 1.95. The predicted molar refractivity (Wildman–Crippen MR) is 58.8 cm³/mol. The first-order valence-electron chi connectivity index (χ1n) is 4.36. The lowest BCUT2D eigenvalue weighted by molar-refractivity contribution is 0.464. The van der Waals surface area contributed by atoms with E-state index in [-0.39, 0.29) is 5.41 Å². The molecule has 0 heterocycles. The highest BCUT2D eigenvalue weighted by molar-refractivity contribution is 7.80. The molecule has 0 aliphatic heterocycles. The maximum absolute atomic E-state index is 9.55. The fourth-order valence-corrected chi connectivity index (χ4v) is 2.21. The van der Waals surface area contributed by atoms with Crippen molar-refractivity contribution in [1.29, 1.82) is 0 Å². The summed E-state index contributed by atoms with van der Waals surface area (Å²) in [5.41, 5.74) is 2.08. The van der Waals surface area contributed by atoms with Gasteiger partial charge in [-0.3, -0.25) is 0 Å².